The largest absolute Gasteiger partial charge is 1.00 e. The first-order chi connectivity index (χ1) is 29.4. The summed E-state index contributed by atoms with van der Waals surface area (Å²) in [4.78, 5) is 0. The molecule has 0 radical (unpaired) electrons. The van der Waals surface area contributed by atoms with Crippen LogP contribution in [0.5, 0.6) is 0 Å². The minimum atomic E-state index is -1.18. The first-order valence-electron chi connectivity index (χ1n) is 23.1. The summed E-state index contributed by atoms with van der Waals surface area (Å²) in [5, 5.41) is 17.9. The van der Waals surface area contributed by atoms with E-state index in [2.05, 4.69) is 292 Å². The number of fused-ring (bicyclic) bond motifs is 4. The first-order valence-corrected chi connectivity index (χ1v) is 46.8. The third-order valence-electron chi connectivity index (χ3n) is 10.8. The average molecular weight is 1090 g/mol. The van der Waals surface area contributed by atoms with Crippen LogP contribution in [0.25, 0.3) is 43.1 Å². The van der Waals surface area contributed by atoms with E-state index in [1.807, 2.05) is 0 Å². The van der Waals surface area contributed by atoms with Gasteiger partial charge in [0.05, 0.1) is 32.3 Å². The smallest absolute Gasteiger partial charge is 0.0662 e. The molecule has 0 aliphatic carbocycles. The SMILES string of the molecule is C[Si](C)=[Ti+2].C[Si](C)=[Ti+2].Cc1cc2c([Si](C)(C)C)cccc2[cH-]1.Cc1cc2c([Si](C)(C)C)cccc2[cH-]1.Cc1cc2c([Si](C)(C)C)cccc2[cH-]1.Cc1cc2c([Si](C)(C)C)cccc2[cH-]1.[Cl-].[Cl-]. The van der Waals surface area contributed by atoms with Crippen LogP contribution in [0.1, 0.15) is 22.3 Å². The number of halogens is 2. The number of aryl methyl sites for hydroxylation is 4. The van der Waals surface area contributed by atoms with Crippen molar-refractivity contribution in [1.82, 2.24) is 0 Å². The van der Waals surface area contributed by atoms with Crippen molar-refractivity contribution in [3.8, 4) is 0 Å². The van der Waals surface area contributed by atoms with Gasteiger partial charge in [-0.25, -0.2) is 0 Å². The van der Waals surface area contributed by atoms with Gasteiger partial charge in [0.2, 0.25) is 0 Å². The Balaban J connectivity index is 0.000000413. The van der Waals surface area contributed by atoms with Crippen molar-refractivity contribution in [3.05, 3.63) is 144 Å². The zero-order chi connectivity index (χ0) is 48.5. The van der Waals surface area contributed by atoms with Crippen LogP contribution < -0.4 is 45.6 Å². The molecule has 0 N–H and O–H groups in total. The van der Waals surface area contributed by atoms with Crippen molar-refractivity contribution < 1.29 is 63.2 Å². The molecule has 0 spiro atoms. The van der Waals surface area contributed by atoms with Crippen LogP contribution in [-0.4, -0.2) is 44.7 Å². The number of hydrogen-bond acceptors (Lipinski definition) is 0. The van der Waals surface area contributed by atoms with E-state index in [9.17, 15) is 0 Å². The molecule has 0 nitrogen and oxygen atoms in total. The fourth-order valence-corrected chi connectivity index (χ4v) is 14.6. The molecular formula is C56H80Cl2Si6Ti2-2. The van der Waals surface area contributed by atoms with Crippen molar-refractivity contribution >= 4 is 109 Å². The standard InChI is InChI=1S/4C13H17Si.2C2H6Si.2ClH.2Ti/c4*1-10-8-11-6-5-7-13(12(11)9-10)14(2,3)4;2*1-3-2;;;;/h4*5-9H,1-4H3;2*1-2H3;2*1H;;/q4*-1;;;;;2*+2/p-2. The van der Waals surface area contributed by atoms with Crippen molar-refractivity contribution in [3.63, 3.8) is 0 Å². The van der Waals surface area contributed by atoms with Gasteiger partial charge in [0.15, 0.2) is 0 Å². The van der Waals surface area contributed by atoms with Gasteiger partial charge in [-0.05, 0) is 0 Å². The minimum absolute atomic E-state index is 0. The Kier molecular flexibility index (Phi) is 25.4. The summed E-state index contributed by atoms with van der Waals surface area (Å²) < 4.78 is 0. The summed E-state index contributed by atoms with van der Waals surface area (Å²) in [7, 11) is -4.74. The van der Waals surface area contributed by atoms with Gasteiger partial charge in [0.25, 0.3) is 0 Å². The van der Waals surface area contributed by atoms with Gasteiger partial charge in [-0.3, -0.25) is 0 Å². The average Bonchev–Trinajstić information content (AvgIpc) is 3.91. The molecule has 0 bridgehead atoms. The van der Waals surface area contributed by atoms with E-state index in [1.54, 1.807) is 20.7 Å². The second-order valence-electron chi connectivity index (χ2n) is 22.4. The minimum Gasteiger partial charge on any atom is -1.00 e. The fraction of sp³-hybridized carbons (Fsp3) is 0.357. The van der Waals surface area contributed by atoms with Crippen LogP contribution >= 0.6 is 0 Å². The Morgan fingerprint density at radius 3 is 0.621 bits per heavy atom. The zero-order valence-corrected chi connectivity index (χ0v) is 54.9. The van der Waals surface area contributed by atoms with E-state index in [1.165, 1.54) is 65.3 Å². The molecule has 0 atom stereocenters. The van der Waals surface area contributed by atoms with E-state index in [0.717, 1.165) is 0 Å². The van der Waals surface area contributed by atoms with Gasteiger partial charge in [-0.1, -0.05) is 131 Å². The van der Waals surface area contributed by atoms with Crippen LogP contribution in [0.3, 0.4) is 0 Å². The maximum absolute atomic E-state index is 2.41. The van der Waals surface area contributed by atoms with Crippen LogP contribution in [0.4, 0.5) is 0 Å². The van der Waals surface area contributed by atoms with Crippen molar-refractivity contribution in [2.24, 2.45) is 0 Å². The molecular weight excluding hydrogens is 1010 g/mol. The fourth-order valence-electron chi connectivity index (χ4n) is 8.15. The van der Waals surface area contributed by atoms with E-state index in [0.29, 0.717) is 0 Å². The Bertz CT molecular complexity index is 2410. The van der Waals surface area contributed by atoms with Crippen LogP contribution in [0.15, 0.2) is 121 Å². The molecule has 10 heteroatoms. The second kappa shape index (κ2) is 26.7. The summed E-state index contributed by atoms with van der Waals surface area (Å²) in [6.07, 6.45) is 0.241. The predicted molar refractivity (Wildman–Crippen MR) is 304 cm³/mol. The molecule has 8 rings (SSSR count). The molecule has 0 amide bonds. The summed E-state index contributed by atoms with van der Waals surface area (Å²) in [5.41, 5.74) is 5.52. The Morgan fingerprint density at radius 2 is 0.485 bits per heavy atom. The molecule has 0 unspecified atom stereocenters. The molecule has 0 saturated heterocycles. The normalized spacial score (nSPS) is 11.3. The number of hydrogen-bond donors (Lipinski definition) is 0. The Hall–Kier alpha value is -1.37. The number of rotatable bonds is 4. The zero-order valence-electron chi connectivity index (χ0n) is 44.3. The van der Waals surface area contributed by atoms with Crippen LogP contribution in [0.2, 0.25) is 105 Å². The molecule has 8 aromatic rings. The van der Waals surface area contributed by atoms with Crippen molar-refractivity contribution in [2.45, 2.75) is 132 Å². The second-order valence-corrected chi connectivity index (χ2v) is 55.9. The van der Waals surface area contributed by atoms with Gasteiger partial charge in [0.1, 0.15) is 0 Å². The molecule has 8 aromatic carbocycles. The van der Waals surface area contributed by atoms with E-state index < -0.39 is 32.3 Å². The summed E-state index contributed by atoms with van der Waals surface area (Å²) >= 11 is 4.54. The third-order valence-corrected chi connectivity index (χ3v) is 19.0. The quantitative estimate of drug-likeness (QED) is 0.122. The molecule has 0 aliphatic rings. The Morgan fingerprint density at radius 1 is 0.333 bits per heavy atom. The molecule has 0 saturated carbocycles. The van der Waals surface area contributed by atoms with Crippen molar-refractivity contribution in [1.29, 1.82) is 0 Å². The van der Waals surface area contributed by atoms with E-state index >= 15 is 0 Å². The summed E-state index contributed by atoms with van der Waals surface area (Å²) in [6.45, 7) is 46.7. The summed E-state index contributed by atoms with van der Waals surface area (Å²) in [6, 6.07) is 45.2. The molecule has 0 fully saturated rings. The van der Waals surface area contributed by atoms with Crippen molar-refractivity contribution in [2.75, 3.05) is 0 Å². The topological polar surface area (TPSA) is 0 Å². The first kappa shape index (κ1) is 62.6. The maximum Gasteiger partial charge on any atom is 0.0662 e. The molecule has 66 heavy (non-hydrogen) atoms. The monoisotopic (exact) mass is 1090 g/mol. The van der Waals surface area contributed by atoms with E-state index in [-0.39, 0.29) is 37.2 Å². The Labute approximate surface area is 443 Å². The van der Waals surface area contributed by atoms with Gasteiger partial charge in [-0.2, -0.15) is 45.8 Å². The van der Waals surface area contributed by atoms with Gasteiger partial charge >= 0.3 is 76.9 Å². The van der Waals surface area contributed by atoms with Crippen LogP contribution in [0, 0.1) is 27.7 Å². The predicted octanol–water partition coefficient (Wildman–Crippen LogP) is 9.23. The maximum atomic E-state index is 2.41. The summed E-state index contributed by atoms with van der Waals surface area (Å²) in [5.74, 6) is 0. The molecule has 0 heterocycles. The molecule has 0 aliphatic heterocycles. The molecule has 0 aromatic heterocycles. The number of benzene rings is 4. The van der Waals surface area contributed by atoms with Gasteiger partial charge < -0.3 is 24.8 Å². The van der Waals surface area contributed by atoms with E-state index in [4.69, 9.17) is 0 Å². The third kappa shape index (κ3) is 19.4. The van der Waals surface area contributed by atoms with Gasteiger partial charge in [0, 0.05) is 0 Å². The van der Waals surface area contributed by atoms with Gasteiger partial charge in [-0.15, -0.1) is 137 Å². The van der Waals surface area contributed by atoms with Crippen LogP contribution in [-0.2, 0) is 38.3 Å². The molecule has 352 valence electrons.